The van der Waals surface area contributed by atoms with E-state index in [1.807, 2.05) is 43.3 Å². The third-order valence-electron chi connectivity index (χ3n) is 2.90. The van der Waals surface area contributed by atoms with Crippen molar-refractivity contribution in [1.82, 2.24) is 0 Å². The molecule has 2 aromatic rings. The normalized spacial score (nSPS) is 10.1. The molecule has 0 unspecified atom stereocenters. The second-order valence-corrected chi connectivity index (χ2v) is 4.11. The maximum absolute atomic E-state index is 11.7. The van der Waals surface area contributed by atoms with E-state index in [2.05, 4.69) is 0 Å². The summed E-state index contributed by atoms with van der Waals surface area (Å²) in [5, 5.41) is 0. The van der Waals surface area contributed by atoms with Crippen LogP contribution in [0.25, 0.3) is 11.1 Å². The van der Waals surface area contributed by atoms with Crippen LogP contribution in [0.1, 0.15) is 15.9 Å². The van der Waals surface area contributed by atoms with E-state index in [1.165, 1.54) is 7.11 Å². The van der Waals surface area contributed by atoms with Crippen LogP contribution in [-0.4, -0.2) is 13.1 Å². The highest BCUT2D eigenvalue weighted by atomic mass is 16.5. The quantitative estimate of drug-likeness (QED) is 0.649. The molecule has 0 amide bonds. The molecule has 0 aliphatic heterocycles. The number of methoxy groups -OCH3 is 1. The van der Waals surface area contributed by atoms with Gasteiger partial charge in [-0.15, -0.1) is 0 Å². The highest BCUT2D eigenvalue weighted by Gasteiger charge is 2.13. The van der Waals surface area contributed by atoms with Crippen molar-refractivity contribution in [2.45, 2.75) is 6.92 Å². The maximum atomic E-state index is 11.7. The lowest BCUT2D eigenvalue weighted by Gasteiger charge is -2.10. The molecule has 0 radical (unpaired) electrons. The Morgan fingerprint density at radius 2 is 1.78 bits per heavy atom. The fourth-order valence-electron chi connectivity index (χ4n) is 1.87. The van der Waals surface area contributed by atoms with Crippen LogP contribution in [0.15, 0.2) is 42.5 Å². The van der Waals surface area contributed by atoms with Crippen LogP contribution in [0.3, 0.4) is 0 Å². The van der Waals surface area contributed by atoms with E-state index in [4.69, 9.17) is 10.5 Å². The lowest BCUT2D eigenvalue weighted by molar-refractivity contribution is 0.0602. The van der Waals surface area contributed by atoms with Crippen LogP contribution in [-0.2, 0) is 4.74 Å². The van der Waals surface area contributed by atoms with Crippen LogP contribution in [0, 0.1) is 6.92 Å². The average Bonchev–Trinajstić information content (AvgIpc) is 2.41. The maximum Gasteiger partial charge on any atom is 0.339 e. The second-order valence-electron chi connectivity index (χ2n) is 4.11. The van der Waals surface area contributed by atoms with Crippen LogP contribution in [0.5, 0.6) is 0 Å². The van der Waals surface area contributed by atoms with Gasteiger partial charge in [0.05, 0.1) is 12.7 Å². The Kier molecular flexibility index (Phi) is 3.33. The molecule has 0 atom stereocenters. The predicted octanol–water partition coefficient (Wildman–Crippen LogP) is 3.03. The zero-order chi connectivity index (χ0) is 13.1. The van der Waals surface area contributed by atoms with Crippen LogP contribution in [0.4, 0.5) is 5.69 Å². The molecule has 2 aromatic carbocycles. The molecule has 0 aliphatic carbocycles. The second kappa shape index (κ2) is 4.92. The molecule has 0 aliphatic rings. The minimum Gasteiger partial charge on any atom is -0.465 e. The Hall–Kier alpha value is -2.29. The lowest BCUT2D eigenvalue weighted by Crippen LogP contribution is -2.07. The Labute approximate surface area is 106 Å². The summed E-state index contributed by atoms with van der Waals surface area (Å²) in [6.07, 6.45) is 0. The summed E-state index contributed by atoms with van der Waals surface area (Å²) in [7, 11) is 1.35. The zero-order valence-corrected chi connectivity index (χ0v) is 10.4. The zero-order valence-electron chi connectivity index (χ0n) is 10.4. The number of ether oxygens (including phenoxy) is 1. The SMILES string of the molecule is COC(=O)c1cc(-c2ccccc2)cc(C)c1N. The Morgan fingerprint density at radius 3 is 2.39 bits per heavy atom. The largest absolute Gasteiger partial charge is 0.465 e. The predicted molar refractivity (Wildman–Crippen MR) is 72.4 cm³/mol. The van der Waals surface area contributed by atoms with Crippen LogP contribution in [0.2, 0.25) is 0 Å². The van der Waals surface area contributed by atoms with Gasteiger partial charge in [-0.2, -0.15) is 0 Å². The van der Waals surface area contributed by atoms with Gasteiger partial charge in [0.2, 0.25) is 0 Å². The number of nitrogens with two attached hydrogens (primary N) is 1. The minimum atomic E-state index is -0.409. The molecule has 3 nitrogen and oxygen atoms in total. The summed E-state index contributed by atoms with van der Waals surface area (Å²) < 4.78 is 4.74. The molecule has 18 heavy (non-hydrogen) atoms. The fraction of sp³-hybridized carbons (Fsp3) is 0.133. The van der Waals surface area contributed by atoms with Crippen molar-refractivity contribution in [3.8, 4) is 11.1 Å². The molecule has 0 bridgehead atoms. The van der Waals surface area contributed by atoms with Crippen molar-refractivity contribution >= 4 is 11.7 Å². The van der Waals surface area contributed by atoms with E-state index < -0.39 is 5.97 Å². The molecule has 0 fully saturated rings. The standard InChI is InChI=1S/C15H15NO2/c1-10-8-12(11-6-4-3-5-7-11)9-13(14(10)16)15(17)18-2/h3-9H,16H2,1-2H3. The Bertz CT molecular complexity index is 577. The number of rotatable bonds is 2. The number of esters is 1. The number of hydrogen-bond donors (Lipinski definition) is 1. The van der Waals surface area contributed by atoms with Gasteiger partial charge in [0.25, 0.3) is 0 Å². The highest BCUT2D eigenvalue weighted by Crippen LogP contribution is 2.27. The van der Waals surface area contributed by atoms with Gasteiger partial charge < -0.3 is 10.5 Å². The van der Waals surface area contributed by atoms with Crippen molar-refractivity contribution < 1.29 is 9.53 Å². The van der Waals surface area contributed by atoms with Gasteiger partial charge in [0.1, 0.15) is 0 Å². The molecule has 0 spiro atoms. The summed E-state index contributed by atoms with van der Waals surface area (Å²) in [5.74, 6) is -0.409. The first-order chi connectivity index (χ1) is 8.63. The van der Waals surface area contributed by atoms with Crippen LogP contribution >= 0.6 is 0 Å². The van der Waals surface area contributed by atoms with E-state index >= 15 is 0 Å². The number of benzene rings is 2. The molecule has 0 aromatic heterocycles. The Morgan fingerprint density at radius 1 is 1.11 bits per heavy atom. The smallest absolute Gasteiger partial charge is 0.339 e. The summed E-state index contributed by atoms with van der Waals surface area (Å²) in [4.78, 5) is 11.7. The summed E-state index contributed by atoms with van der Waals surface area (Å²) in [6.45, 7) is 1.88. The van der Waals surface area contributed by atoms with Crippen molar-refractivity contribution in [1.29, 1.82) is 0 Å². The molecule has 0 saturated carbocycles. The first-order valence-electron chi connectivity index (χ1n) is 5.67. The van der Waals surface area contributed by atoms with Crippen molar-refractivity contribution in [3.63, 3.8) is 0 Å². The van der Waals surface area contributed by atoms with Gasteiger partial charge >= 0.3 is 5.97 Å². The average molecular weight is 241 g/mol. The third kappa shape index (κ3) is 2.20. The van der Waals surface area contributed by atoms with E-state index in [0.29, 0.717) is 11.3 Å². The number of carbonyl (C=O) groups is 1. The van der Waals surface area contributed by atoms with E-state index in [9.17, 15) is 4.79 Å². The van der Waals surface area contributed by atoms with E-state index in [-0.39, 0.29) is 0 Å². The molecule has 2 rings (SSSR count). The molecular weight excluding hydrogens is 226 g/mol. The molecule has 0 saturated heterocycles. The number of anilines is 1. The van der Waals surface area contributed by atoms with E-state index in [0.717, 1.165) is 16.7 Å². The molecule has 3 heteroatoms. The number of hydrogen-bond acceptors (Lipinski definition) is 3. The Balaban J connectivity index is 2.58. The first-order valence-corrected chi connectivity index (χ1v) is 5.67. The molecule has 2 N–H and O–H groups in total. The molecular formula is C15H15NO2. The fourth-order valence-corrected chi connectivity index (χ4v) is 1.87. The number of carbonyl (C=O) groups excluding carboxylic acids is 1. The van der Waals surface area contributed by atoms with Gasteiger partial charge in [0.15, 0.2) is 0 Å². The summed E-state index contributed by atoms with van der Waals surface area (Å²) in [5.41, 5.74) is 9.67. The molecule has 0 heterocycles. The van der Waals surface area contributed by atoms with Gasteiger partial charge in [0, 0.05) is 5.69 Å². The van der Waals surface area contributed by atoms with Crippen molar-refractivity contribution in [2.24, 2.45) is 0 Å². The van der Waals surface area contributed by atoms with E-state index in [1.54, 1.807) is 6.07 Å². The van der Waals surface area contributed by atoms with Gasteiger partial charge in [-0.3, -0.25) is 0 Å². The highest BCUT2D eigenvalue weighted by molar-refractivity contribution is 5.97. The first kappa shape index (κ1) is 12.2. The summed E-state index contributed by atoms with van der Waals surface area (Å²) in [6, 6.07) is 13.6. The third-order valence-corrected chi connectivity index (χ3v) is 2.90. The lowest BCUT2D eigenvalue weighted by atomic mass is 9.98. The van der Waals surface area contributed by atoms with Crippen LogP contribution < -0.4 is 5.73 Å². The number of nitrogen functional groups attached to an aromatic ring is 1. The topological polar surface area (TPSA) is 52.3 Å². The van der Waals surface area contributed by atoms with Gasteiger partial charge in [-0.05, 0) is 35.7 Å². The number of aryl methyl sites for hydroxylation is 1. The summed E-state index contributed by atoms with van der Waals surface area (Å²) >= 11 is 0. The minimum absolute atomic E-state index is 0.409. The molecule has 92 valence electrons. The van der Waals surface area contributed by atoms with Crippen molar-refractivity contribution in [2.75, 3.05) is 12.8 Å². The monoisotopic (exact) mass is 241 g/mol. The van der Waals surface area contributed by atoms with Gasteiger partial charge in [-0.25, -0.2) is 4.79 Å². The van der Waals surface area contributed by atoms with Gasteiger partial charge in [-0.1, -0.05) is 30.3 Å². The van der Waals surface area contributed by atoms with Crippen molar-refractivity contribution in [3.05, 3.63) is 53.6 Å².